The number of hydrogen-bond donors (Lipinski definition) is 1. The molecule has 0 radical (unpaired) electrons. The zero-order valence-corrected chi connectivity index (χ0v) is 10.6. The molecule has 0 bridgehead atoms. The molecule has 92 valence electrons. The third-order valence-electron chi connectivity index (χ3n) is 3.70. The number of methoxy groups -OCH3 is 1. The molecule has 0 fully saturated rings. The number of rotatable bonds is 3. The van der Waals surface area contributed by atoms with Crippen LogP contribution in [0.1, 0.15) is 18.9 Å². The normalized spacial score (nSPS) is 23.7. The molecule has 2 N–H and O–H groups in total. The SMILES string of the molecule is CCC1(c2ccc(OC)cc2)CN=C(N)N1C. The van der Waals surface area contributed by atoms with Crippen LogP contribution in [0.15, 0.2) is 29.3 Å². The van der Waals surface area contributed by atoms with Crippen molar-refractivity contribution in [1.29, 1.82) is 0 Å². The highest BCUT2D eigenvalue weighted by molar-refractivity contribution is 5.81. The van der Waals surface area contributed by atoms with Gasteiger partial charge in [-0.05, 0) is 24.1 Å². The minimum atomic E-state index is -0.101. The molecule has 17 heavy (non-hydrogen) atoms. The highest BCUT2D eigenvalue weighted by atomic mass is 16.5. The first kappa shape index (κ1) is 11.8. The van der Waals surface area contributed by atoms with Crippen molar-refractivity contribution in [2.75, 3.05) is 20.7 Å². The van der Waals surface area contributed by atoms with Crippen molar-refractivity contribution in [2.45, 2.75) is 18.9 Å². The van der Waals surface area contributed by atoms with Crippen LogP contribution in [-0.4, -0.2) is 31.6 Å². The van der Waals surface area contributed by atoms with E-state index in [-0.39, 0.29) is 5.54 Å². The quantitative estimate of drug-likeness (QED) is 0.862. The van der Waals surface area contributed by atoms with Gasteiger partial charge in [-0.3, -0.25) is 4.99 Å². The molecule has 4 heteroatoms. The van der Waals surface area contributed by atoms with Crippen molar-refractivity contribution in [1.82, 2.24) is 4.90 Å². The molecule has 1 aromatic rings. The van der Waals surface area contributed by atoms with Gasteiger partial charge in [0.2, 0.25) is 0 Å². The maximum atomic E-state index is 5.87. The van der Waals surface area contributed by atoms with E-state index < -0.39 is 0 Å². The van der Waals surface area contributed by atoms with Gasteiger partial charge in [0.15, 0.2) is 5.96 Å². The standard InChI is InChI=1S/C13H19N3O/c1-4-13(9-15-12(14)16(13)2)10-5-7-11(17-3)8-6-10/h5-8H,4,9H2,1-3H3,(H2,14,15). The summed E-state index contributed by atoms with van der Waals surface area (Å²) < 4.78 is 5.18. The monoisotopic (exact) mass is 233 g/mol. The summed E-state index contributed by atoms with van der Waals surface area (Å²) in [4.78, 5) is 6.41. The lowest BCUT2D eigenvalue weighted by Gasteiger charge is -2.36. The van der Waals surface area contributed by atoms with Gasteiger partial charge in [0, 0.05) is 7.05 Å². The second-order valence-electron chi connectivity index (χ2n) is 4.35. The Bertz CT molecular complexity index is 427. The Labute approximate surface area is 102 Å². The number of aliphatic imine (C=N–C) groups is 1. The highest BCUT2D eigenvalue weighted by Gasteiger charge is 2.39. The first-order valence-electron chi connectivity index (χ1n) is 5.82. The summed E-state index contributed by atoms with van der Waals surface area (Å²) in [5.41, 5.74) is 7.00. The molecule has 4 nitrogen and oxygen atoms in total. The second-order valence-corrected chi connectivity index (χ2v) is 4.35. The van der Waals surface area contributed by atoms with Crippen LogP contribution in [0.2, 0.25) is 0 Å². The van der Waals surface area contributed by atoms with Gasteiger partial charge in [0.1, 0.15) is 5.75 Å². The van der Waals surface area contributed by atoms with Crippen LogP contribution in [0.5, 0.6) is 5.75 Å². The number of nitrogens with zero attached hydrogens (tertiary/aromatic N) is 2. The van der Waals surface area contributed by atoms with Gasteiger partial charge in [0.05, 0.1) is 19.2 Å². The highest BCUT2D eigenvalue weighted by Crippen LogP contribution is 2.35. The first-order chi connectivity index (χ1) is 8.14. The maximum absolute atomic E-state index is 5.87. The van der Waals surface area contributed by atoms with Gasteiger partial charge in [0.25, 0.3) is 0 Å². The summed E-state index contributed by atoms with van der Waals surface area (Å²) in [6.07, 6.45) is 0.972. The molecule has 2 rings (SSSR count). The maximum Gasteiger partial charge on any atom is 0.191 e. The number of nitrogens with two attached hydrogens (primary N) is 1. The van der Waals surface area contributed by atoms with Crippen LogP contribution in [0.25, 0.3) is 0 Å². The van der Waals surface area contributed by atoms with E-state index in [1.807, 2.05) is 19.2 Å². The third-order valence-corrected chi connectivity index (χ3v) is 3.70. The molecule has 0 saturated carbocycles. The fourth-order valence-corrected chi connectivity index (χ4v) is 2.38. The first-order valence-corrected chi connectivity index (χ1v) is 5.82. The zero-order valence-electron chi connectivity index (χ0n) is 10.6. The summed E-state index contributed by atoms with van der Waals surface area (Å²) >= 11 is 0. The van der Waals surface area contributed by atoms with E-state index in [0.717, 1.165) is 18.7 Å². The third kappa shape index (κ3) is 1.73. The lowest BCUT2D eigenvalue weighted by Crippen LogP contribution is -2.46. The minimum absolute atomic E-state index is 0.101. The van der Waals surface area contributed by atoms with E-state index in [9.17, 15) is 0 Å². The molecule has 1 aliphatic heterocycles. The van der Waals surface area contributed by atoms with Gasteiger partial charge in [-0.2, -0.15) is 0 Å². The molecule has 0 amide bonds. The number of likely N-dealkylation sites (N-methyl/N-ethyl adjacent to an activating group) is 1. The molecular formula is C13H19N3O. The number of guanidine groups is 1. The molecule has 1 aromatic carbocycles. The van der Waals surface area contributed by atoms with E-state index in [4.69, 9.17) is 10.5 Å². The molecule has 0 aliphatic carbocycles. The number of ether oxygens (including phenoxy) is 1. The van der Waals surface area contributed by atoms with Crippen LogP contribution in [0.4, 0.5) is 0 Å². The summed E-state index contributed by atoms with van der Waals surface area (Å²) in [5.74, 6) is 1.48. The summed E-state index contributed by atoms with van der Waals surface area (Å²) in [5, 5.41) is 0. The van der Waals surface area contributed by atoms with E-state index in [2.05, 4.69) is 28.9 Å². The summed E-state index contributed by atoms with van der Waals surface area (Å²) in [6, 6.07) is 8.14. The van der Waals surface area contributed by atoms with E-state index in [1.54, 1.807) is 7.11 Å². The van der Waals surface area contributed by atoms with Gasteiger partial charge in [-0.25, -0.2) is 0 Å². The van der Waals surface area contributed by atoms with Crippen LogP contribution in [0, 0.1) is 0 Å². The lowest BCUT2D eigenvalue weighted by atomic mass is 9.86. The molecule has 0 saturated heterocycles. The van der Waals surface area contributed by atoms with Crippen LogP contribution in [-0.2, 0) is 5.54 Å². The van der Waals surface area contributed by atoms with Crippen LogP contribution >= 0.6 is 0 Å². The van der Waals surface area contributed by atoms with Gasteiger partial charge >= 0.3 is 0 Å². The Morgan fingerprint density at radius 3 is 2.47 bits per heavy atom. The Kier molecular flexibility index (Phi) is 2.96. The fourth-order valence-electron chi connectivity index (χ4n) is 2.38. The zero-order chi connectivity index (χ0) is 12.5. The van der Waals surface area contributed by atoms with Crippen molar-refractivity contribution in [3.63, 3.8) is 0 Å². The second kappa shape index (κ2) is 4.28. The number of hydrogen-bond acceptors (Lipinski definition) is 4. The number of benzene rings is 1. The van der Waals surface area contributed by atoms with Gasteiger partial charge < -0.3 is 15.4 Å². The van der Waals surface area contributed by atoms with Crippen molar-refractivity contribution in [3.8, 4) is 5.75 Å². The molecule has 1 aliphatic rings. The molecule has 1 unspecified atom stereocenters. The van der Waals surface area contributed by atoms with E-state index >= 15 is 0 Å². The van der Waals surface area contributed by atoms with E-state index in [0.29, 0.717) is 5.96 Å². The fraction of sp³-hybridized carbons (Fsp3) is 0.462. The predicted molar refractivity (Wildman–Crippen MR) is 69.2 cm³/mol. The summed E-state index contributed by atoms with van der Waals surface area (Å²) in [6.45, 7) is 2.88. The predicted octanol–water partition coefficient (Wildman–Crippen LogP) is 1.56. The van der Waals surface area contributed by atoms with Gasteiger partial charge in [-0.15, -0.1) is 0 Å². The van der Waals surface area contributed by atoms with Gasteiger partial charge in [-0.1, -0.05) is 19.1 Å². The largest absolute Gasteiger partial charge is 0.497 e. The van der Waals surface area contributed by atoms with Crippen LogP contribution < -0.4 is 10.5 Å². The Balaban J connectivity index is 2.36. The molecule has 1 heterocycles. The van der Waals surface area contributed by atoms with Crippen LogP contribution in [0.3, 0.4) is 0 Å². The van der Waals surface area contributed by atoms with Crippen molar-refractivity contribution in [3.05, 3.63) is 29.8 Å². The minimum Gasteiger partial charge on any atom is -0.497 e. The molecule has 0 aromatic heterocycles. The summed E-state index contributed by atoms with van der Waals surface area (Å²) in [7, 11) is 3.67. The smallest absolute Gasteiger partial charge is 0.191 e. The average Bonchev–Trinajstić information content (AvgIpc) is 2.67. The topological polar surface area (TPSA) is 50.9 Å². The Hall–Kier alpha value is -1.71. The average molecular weight is 233 g/mol. The Morgan fingerprint density at radius 2 is 2.06 bits per heavy atom. The molecule has 1 atom stereocenters. The van der Waals surface area contributed by atoms with E-state index in [1.165, 1.54) is 5.56 Å². The Morgan fingerprint density at radius 1 is 1.41 bits per heavy atom. The van der Waals surface area contributed by atoms with Crippen molar-refractivity contribution >= 4 is 5.96 Å². The van der Waals surface area contributed by atoms with Crippen molar-refractivity contribution < 1.29 is 4.74 Å². The lowest BCUT2D eigenvalue weighted by molar-refractivity contribution is 0.230. The molecular weight excluding hydrogens is 214 g/mol. The van der Waals surface area contributed by atoms with Crippen molar-refractivity contribution in [2.24, 2.45) is 10.7 Å². The molecule has 0 spiro atoms.